The van der Waals surface area contributed by atoms with Gasteiger partial charge in [-0.3, -0.25) is 10.1 Å². The van der Waals surface area contributed by atoms with Gasteiger partial charge in [-0.25, -0.2) is 0 Å². The molecule has 0 aromatic rings. The zero-order chi connectivity index (χ0) is 14.4. The van der Waals surface area contributed by atoms with Crippen LogP contribution in [0.25, 0.3) is 0 Å². The minimum absolute atomic E-state index is 0.000393. The van der Waals surface area contributed by atoms with Crippen molar-refractivity contribution in [2.45, 2.75) is 51.2 Å². The van der Waals surface area contributed by atoms with Crippen LogP contribution in [0.2, 0.25) is 0 Å². The quantitative estimate of drug-likeness (QED) is 0.684. The third-order valence-electron chi connectivity index (χ3n) is 4.45. The maximum absolute atomic E-state index is 12.4. The van der Waals surface area contributed by atoms with Crippen molar-refractivity contribution in [3.05, 3.63) is 0 Å². The van der Waals surface area contributed by atoms with Crippen LogP contribution >= 0.6 is 0 Å². The van der Waals surface area contributed by atoms with E-state index in [2.05, 4.69) is 12.2 Å². The summed E-state index contributed by atoms with van der Waals surface area (Å²) in [5, 5.41) is 3.53. The number of hydrogen-bond acceptors (Lipinski definition) is 4. The Labute approximate surface area is 122 Å². The molecule has 0 bridgehead atoms. The van der Waals surface area contributed by atoms with Gasteiger partial charge in [0.1, 0.15) is 0 Å². The highest BCUT2D eigenvalue weighted by atomic mass is 16.5. The van der Waals surface area contributed by atoms with E-state index in [0.29, 0.717) is 32.3 Å². The number of hydrogen-bond donors (Lipinski definition) is 1. The molecule has 1 N–H and O–H groups in total. The minimum Gasteiger partial charge on any atom is -0.382 e. The number of carbonyl (C=O) groups excluding carboxylic acids is 1. The Bertz CT molecular complexity index is 305. The first-order valence-corrected chi connectivity index (χ1v) is 7.91. The predicted octanol–water partition coefficient (Wildman–Crippen LogP) is 1.38. The third kappa shape index (κ3) is 3.71. The highest BCUT2D eigenvalue weighted by Crippen LogP contribution is 2.32. The van der Waals surface area contributed by atoms with Crippen molar-refractivity contribution in [1.29, 1.82) is 0 Å². The molecule has 2 rings (SSSR count). The summed E-state index contributed by atoms with van der Waals surface area (Å²) < 4.78 is 10.5. The molecule has 2 aliphatic rings. The topological polar surface area (TPSA) is 50.8 Å². The Kier molecular flexibility index (Phi) is 6.26. The molecule has 5 nitrogen and oxygen atoms in total. The first-order valence-electron chi connectivity index (χ1n) is 7.91. The van der Waals surface area contributed by atoms with Gasteiger partial charge in [0.2, 0.25) is 5.91 Å². The van der Waals surface area contributed by atoms with Gasteiger partial charge in [-0.15, -0.1) is 0 Å². The molecule has 1 saturated heterocycles. The van der Waals surface area contributed by atoms with Crippen molar-refractivity contribution in [3.8, 4) is 0 Å². The van der Waals surface area contributed by atoms with E-state index in [0.717, 1.165) is 6.42 Å². The highest BCUT2D eigenvalue weighted by molar-refractivity contribution is 5.84. The molecule has 2 atom stereocenters. The molecule has 1 amide bonds. The molecule has 20 heavy (non-hydrogen) atoms. The molecule has 1 saturated carbocycles. The van der Waals surface area contributed by atoms with Gasteiger partial charge in [-0.1, -0.05) is 19.8 Å². The lowest BCUT2D eigenvalue weighted by Crippen LogP contribution is -2.44. The van der Waals surface area contributed by atoms with Crippen molar-refractivity contribution in [1.82, 2.24) is 10.2 Å². The summed E-state index contributed by atoms with van der Waals surface area (Å²) in [6.45, 7) is 4.55. The SMILES string of the molecule is CCC1NC(C2CCCC2)N(CCOCCOC)C1=O. The lowest BCUT2D eigenvalue weighted by atomic mass is 10.0. The van der Waals surface area contributed by atoms with E-state index in [4.69, 9.17) is 9.47 Å². The van der Waals surface area contributed by atoms with E-state index in [9.17, 15) is 4.79 Å². The monoisotopic (exact) mass is 284 g/mol. The molecule has 0 aromatic carbocycles. The number of ether oxygens (including phenoxy) is 2. The van der Waals surface area contributed by atoms with Gasteiger partial charge in [-0.2, -0.15) is 0 Å². The van der Waals surface area contributed by atoms with Crippen molar-refractivity contribution >= 4 is 5.91 Å². The number of carbonyl (C=O) groups is 1. The average molecular weight is 284 g/mol. The van der Waals surface area contributed by atoms with Gasteiger partial charge in [0.05, 0.1) is 32.0 Å². The number of rotatable bonds is 8. The van der Waals surface area contributed by atoms with E-state index < -0.39 is 0 Å². The predicted molar refractivity (Wildman–Crippen MR) is 77.4 cm³/mol. The van der Waals surface area contributed by atoms with Crippen molar-refractivity contribution in [3.63, 3.8) is 0 Å². The Morgan fingerprint density at radius 3 is 2.65 bits per heavy atom. The summed E-state index contributed by atoms with van der Waals surface area (Å²) in [6, 6.07) is -0.000393. The van der Waals surface area contributed by atoms with Gasteiger partial charge in [0.25, 0.3) is 0 Å². The molecule has 0 aromatic heterocycles. The second-order valence-electron chi connectivity index (χ2n) is 5.75. The fraction of sp³-hybridized carbons (Fsp3) is 0.933. The molecule has 2 unspecified atom stereocenters. The zero-order valence-electron chi connectivity index (χ0n) is 12.8. The van der Waals surface area contributed by atoms with E-state index in [1.54, 1.807) is 7.11 Å². The summed E-state index contributed by atoms with van der Waals surface area (Å²) in [7, 11) is 1.67. The first kappa shape index (κ1) is 15.7. The minimum atomic E-state index is -0.000393. The van der Waals surface area contributed by atoms with Crippen LogP contribution < -0.4 is 5.32 Å². The molecule has 1 aliphatic heterocycles. The maximum Gasteiger partial charge on any atom is 0.241 e. The standard InChI is InChI=1S/C15H28N2O3/c1-3-13-15(18)17(8-9-20-11-10-19-2)14(16-13)12-6-4-5-7-12/h12-14,16H,3-11H2,1-2H3. The summed E-state index contributed by atoms with van der Waals surface area (Å²) >= 11 is 0. The largest absolute Gasteiger partial charge is 0.382 e. The smallest absolute Gasteiger partial charge is 0.241 e. The Morgan fingerprint density at radius 1 is 1.25 bits per heavy atom. The average Bonchev–Trinajstić information content (AvgIpc) is 3.07. The Balaban J connectivity index is 1.85. The fourth-order valence-corrected chi connectivity index (χ4v) is 3.32. The van der Waals surface area contributed by atoms with E-state index in [1.807, 2.05) is 4.90 Å². The number of nitrogens with zero attached hydrogens (tertiary/aromatic N) is 1. The normalized spacial score (nSPS) is 27.7. The van der Waals surface area contributed by atoms with Crippen LogP contribution in [0.5, 0.6) is 0 Å². The van der Waals surface area contributed by atoms with Crippen LogP contribution in [0.4, 0.5) is 0 Å². The van der Waals surface area contributed by atoms with E-state index in [1.165, 1.54) is 25.7 Å². The van der Waals surface area contributed by atoms with Crippen LogP contribution in [0.1, 0.15) is 39.0 Å². The van der Waals surface area contributed by atoms with Crippen LogP contribution in [-0.4, -0.2) is 56.5 Å². The Hall–Kier alpha value is -0.650. The molecule has 0 radical (unpaired) electrons. The van der Waals surface area contributed by atoms with Crippen LogP contribution in [0.15, 0.2) is 0 Å². The molecule has 0 spiro atoms. The van der Waals surface area contributed by atoms with E-state index >= 15 is 0 Å². The molecule has 1 aliphatic carbocycles. The number of methoxy groups -OCH3 is 1. The third-order valence-corrected chi connectivity index (χ3v) is 4.45. The van der Waals surface area contributed by atoms with Crippen LogP contribution in [-0.2, 0) is 14.3 Å². The van der Waals surface area contributed by atoms with Gasteiger partial charge < -0.3 is 14.4 Å². The fourth-order valence-electron chi connectivity index (χ4n) is 3.32. The summed E-state index contributed by atoms with van der Waals surface area (Å²) in [6.07, 6.45) is 6.16. The van der Waals surface area contributed by atoms with Crippen molar-refractivity contribution in [2.75, 3.05) is 33.5 Å². The summed E-state index contributed by atoms with van der Waals surface area (Å²) in [5.41, 5.74) is 0. The Morgan fingerprint density at radius 2 is 2.00 bits per heavy atom. The van der Waals surface area contributed by atoms with Crippen molar-refractivity contribution in [2.24, 2.45) is 5.92 Å². The van der Waals surface area contributed by atoms with E-state index in [-0.39, 0.29) is 18.1 Å². The second kappa shape index (κ2) is 7.96. The first-order chi connectivity index (χ1) is 9.77. The molecular formula is C15H28N2O3. The molecule has 2 fully saturated rings. The molecule has 116 valence electrons. The van der Waals surface area contributed by atoms with Gasteiger partial charge in [-0.05, 0) is 25.2 Å². The summed E-state index contributed by atoms with van der Waals surface area (Å²) in [5.74, 6) is 0.870. The molecule has 5 heteroatoms. The lowest BCUT2D eigenvalue weighted by molar-refractivity contribution is -0.131. The zero-order valence-corrected chi connectivity index (χ0v) is 12.8. The molecular weight excluding hydrogens is 256 g/mol. The highest BCUT2D eigenvalue weighted by Gasteiger charge is 2.41. The maximum atomic E-state index is 12.4. The second-order valence-corrected chi connectivity index (χ2v) is 5.75. The summed E-state index contributed by atoms with van der Waals surface area (Å²) in [4.78, 5) is 14.4. The van der Waals surface area contributed by atoms with Crippen molar-refractivity contribution < 1.29 is 14.3 Å². The van der Waals surface area contributed by atoms with Crippen LogP contribution in [0, 0.1) is 5.92 Å². The molecule has 1 heterocycles. The number of amides is 1. The lowest BCUT2D eigenvalue weighted by Gasteiger charge is -2.28. The van der Waals surface area contributed by atoms with Gasteiger partial charge in [0.15, 0.2) is 0 Å². The van der Waals surface area contributed by atoms with Gasteiger partial charge >= 0.3 is 0 Å². The van der Waals surface area contributed by atoms with Gasteiger partial charge in [0, 0.05) is 13.7 Å². The van der Waals surface area contributed by atoms with Crippen LogP contribution in [0.3, 0.4) is 0 Å². The number of nitrogens with one attached hydrogen (secondary N) is 1.